The number of hydrogen-bond donors (Lipinski definition) is 0. The molecule has 1 fully saturated rings. The van der Waals surface area contributed by atoms with Crippen molar-refractivity contribution in [1.82, 2.24) is 4.90 Å². The fourth-order valence-corrected chi connectivity index (χ4v) is 3.19. The van der Waals surface area contributed by atoms with Crippen LogP contribution in [0.15, 0.2) is 18.2 Å². The summed E-state index contributed by atoms with van der Waals surface area (Å²) in [7, 11) is 0. The van der Waals surface area contributed by atoms with E-state index in [4.69, 9.17) is 16.3 Å². The van der Waals surface area contributed by atoms with Gasteiger partial charge >= 0.3 is 5.97 Å². The van der Waals surface area contributed by atoms with Crippen molar-refractivity contribution in [3.63, 3.8) is 0 Å². The van der Waals surface area contributed by atoms with Crippen molar-refractivity contribution in [2.45, 2.75) is 45.2 Å². The van der Waals surface area contributed by atoms with Crippen molar-refractivity contribution >= 4 is 29.2 Å². The molecule has 1 aromatic rings. The number of carbonyl (C=O) groups is 2. The quantitative estimate of drug-likeness (QED) is 0.470. The number of hydrogen-bond acceptors (Lipinski definition) is 5. The van der Waals surface area contributed by atoms with E-state index in [0.717, 1.165) is 25.3 Å². The molecule has 24 heavy (non-hydrogen) atoms. The van der Waals surface area contributed by atoms with E-state index in [1.54, 1.807) is 4.90 Å². The Labute approximate surface area is 144 Å². The molecule has 1 saturated heterocycles. The highest BCUT2D eigenvalue weighted by molar-refractivity contribution is 6.31. The van der Waals surface area contributed by atoms with Gasteiger partial charge in [0, 0.05) is 23.2 Å². The number of halogens is 1. The minimum Gasteiger partial charge on any atom is -0.452 e. The number of esters is 1. The number of nitro benzene ring substituents is 1. The molecule has 7 nitrogen and oxygen atoms in total. The number of nitrogens with zero attached hydrogens (tertiary/aromatic N) is 2. The second-order valence-electron chi connectivity index (χ2n) is 5.92. The zero-order chi connectivity index (χ0) is 17.9. The van der Waals surface area contributed by atoms with Crippen LogP contribution >= 0.6 is 11.6 Å². The molecule has 0 bridgehead atoms. The van der Waals surface area contributed by atoms with Crippen LogP contribution in [0.1, 0.15) is 43.5 Å². The van der Waals surface area contributed by atoms with Crippen LogP contribution in [0.3, 0.4) is 0 Å². The summed E-state index contributed by atoms with van der Waals surface area (Å²) in [5, 5.41) is 11.2. The second-order valence-corrected chi connectivity index (χ2v) is 6.36. The highest BCUT2D eigenvalue weighted by Crippen LogP contribution is 2.25. The number of piperidine rings is 1. The Morgan fingerprint density at radius 3 is 2.54 bits per heavy atom. The molecule has 1 aliphatic heterocycles. The largest absolute Gasteiger partial charge is 0.452 e. The maximum Gasteiger partial charge on any atom is 0.345 e. The molecule has 0 unspecified atom stereocenters. The maximum atomic E-state index is 12.3. The summed E-state index contributed by atoms with van der Waals surface area (Å²) in [5.41, 5.74) is -0.670. The molecule has 0 spiro atoms. The third-order valence-electron chi connectivity index (χ3n) is 4.18. The van der Waals surface area contributed by atoms with Crippen molar-refractivity contribution in [2.24, 2.45) is 0 Å². The molecule has 1 aliphatic rings. The molecule has 130 valence electrons. The Bertz CT molecular complexity index is 654. The monoisotopic (exact) mass is 354 g/mol. The van der Waals surface area contributed by atoms with E-state index in [2.05, 4.69) is 0 Å². The smallest absolute Gasteiger partial charge is 0.345 e. The van der Waals surface area contributed by atoms with E-state index in [1.807, 2.05) is 13.8 Å². The SMILES string of the molecule is C[C@@H]1CCC[C@H](C)N1C(=O)COC(=O)c1ccc(Cl)cc1[N+](=O)[O-]. The molecule has 1 amide bonds. The molecular formula is C16H19ClN2O5. The second kappa shape index (κ2) is 7.61. The van der Waals surface area contributed by atoms with Crippen molar-refractivity contribution in [2.75, 3.05) is 6.61 Å². The van der Waals surface area contributed by atoms with Crippen LogP contribution in [0, 0.1) is 10.1 Å². The van der Waals surface area contributed by atoms with E-state index in [0.29, 0.717) is 0 Å². The van der Waals surface area contributed by atoms with Gasteiger partial charge in [0.2, 0.25) is 0 Å². The third kappa shape index (κ3) is 4.03. The van der Waals surface area contributed by atoms with E-state index in [-0.39, 0.29) is 28.6 Å². The first-order valence-electron chi connectivity index (χ1n) is 7.73. The minimum absolute atomic E-state index is 0.0878. The van der Waals surface area contributed by atoms with Gasteiger partial charge in [-0.15, -0.1) is 0 Å². The zero-order valence-corrected chi connectivity index (χ0v) is 14.3. The maximum absolute atomic E-state index is 12.3. The fraction of sp³-hybridized carbons (Fsp3) is 0.500. The van der Waals surface area contributed by atoms with Crippen molar-refractivity contribution < 1.29 is 19.2 Å². The van der Waals surface area contributed by atoms with Crippen LogP contribution in [0.2, 0.25) is 5.02 Å². The average molecular weight is 355 g/mol. The summed E-state index contributed by atoms with van der Waals surface area (Å²) < 4.78 is 4.99. The minimum atomic E-state index is -0.913. The van der Waals surface area contributed by atoms with Crippen LogP contribution in [-0.4, -0.2) is 40.4 Å². The molecular weight excluding hydrogens is 336 g/mol. The first-order chi connectivity index (χ1) is 11.3. The van der Waals surface area contributed by atoms with Gasteiger partial charge in [0.05, 0.1) is 4.92 Å². The molecule has 1 aromatic carbocycles. The highest BCUT2D eigenvalue weighted by Gasteiger charge is 2.30. The van der Waals surface area contributed by atoms with Gasteiger partial charge in [-0.05, 0) is 45.2 Å². The number of amides is 1. The molecule has 0 aromatic heterocycles. The van der Waals surface area contributed by atoms with Crippen LogP contribution in [-0.2, 0) is 9.53 Å². The van der Waals surface area contributed by atoms with Crippen LogP contribution < -0.4 is 0 Å². The molecule has 2 atom stereocenters. The summed E-state index contributed by atoms with van der Waals surface area (Å²) in [6.45, 7) is 3.48. The van der Waals surface area contributed by atoms with Crippen LogP contribution in [0.4, 0.5) is 5.69 Å². The lowest BCUT2D eigenvalue weighted by Gasteiger charge is -2.38. The first kappa shape index (κ1) is 18.2. The predicted octanol–water partition coefficient (Wildman–Crippen LogP) is 3.19. The number of ether oxygens (including phenoxy) is 1. The third-order valence-corrected chi connectivity index (χ3v) is 4.42. The summed E-state index contributed by atoms with van der Waals surface area (Å²) in [6, 6.07) is 3.84. The van der Waals surface area contributed by atoms with E-state index >= 15 is 0 Å². The van der Waals surface area contributed by atoms with E-state index in [1.165, 1.54) is 12.1 Å². The lowest BCUT2D eigenvalue weighted by molar-refractivity contribution is -0.385. The molecule has 1 heterocycles. The van der Waals surface area contributed by atoms with Crippen LogP contribution in [0.5, 0.6) is 0 Å². The molecule has 8 heteroatoms. The first-order valence-corrected chi connectivity index (χ1v) is 8.11. The number of nitro groups is 1. The van der Waals surface area contributed by atoms with Crippen molar-refractivity contribution in [3.8, 4) is 0 Å². The van der Waals surface area contributed by atoms with Gasteiger partial charge in [-0.3, -0.25) is 14.9 Å². The normalized spacial score (nSPS) is 20.5. The topological polar surface area (TPSA) is 89.8 Å². The lowest BCUT2D eigenvalue weighted by atomic mass is 9.97. The number of carbonyl (C=O) groups excluding carboxylic acids is 2. The molecule has 2 rings (SSSR count). The Morgan fingerprint density at radius 1 is 1.33 bits per heavy atom. The average Bonchev–Trinajstić information content (AvgIpc) is 2.52. The van der Waals surface area contributed by atoms with Gasteiger partial charge in [-0.2, -0.15) is 0 Å². The van der Waals surface area contributed by atoms with Gasteiger partial charge in [-0.25, -0.2) is 4.79 Å². The summed E-state index contributed by atoms with van der Waals surface area (Å²) in [5.74, 6) is -1.20. The van der Waals surface area contributed by atoms with Gasteiger partial charge in [0.1, 0.15) is 5.56 Å². The van der Waals surface area contributed by atoms with Crippen molar-refractivity contribution in [3.05, 3.63) is 38.9 Å². The molecule has 0 aliphatic carbocycles. The Morgan fingerprint density at radius 2 is 1.96 bits per heavy atom. The number of likely N-dealkylation sites (tertiary alicyclic amines) is 1. The van der Waals surface area contributed by atoms with Crippen LogP contribution in [0.25, 0.3) is 0 Å². The summed E-state index contributed by atoms with van der Waals surface area (Å²) in [6.07, 6.45) is 2.88. The number of benzene rings is 1. The fourth-order valence-electron chi connectivity index (χ4n) is 3.02. The summed E-state index contributed by atoms with van der Waals surface area (Å²) >= 11 is 5.71. The highest BCUT2D eigenvalue weighted by atomic mass is 35.5. The van der Waals surface area contributed by atoms with E-state index < -0.39 is 23.2 Å². The molecule has 0 saturated carbocycles. The summed E-state index contributed by atoms with van der Waals surface area (Å²) in [4.78, 5) is 36.4. The molecule has 0 radical (unpaired) electrons. The standard InChI is InChI=1S/C16H19ClN2O5/c1-10-4-3-5-11(2)18(10)15(20)9-24-16(21)13-7-6-12(17)8-14(13)19(22)23/h6-8,10-11H,3-5,9H2,1-2H3/t10-,11+. The van der Waals surface area contributed by atoms with Crippen molar-refractivity contribution in [1.29, 1.82) is 0 Å². The predicted molar refractivity (Wildman–Crippen MR) is 88.0 cm³/mol. The van der Waals surface area contributed by atoms with Gasteiger partial charge < -0.3 is 9.64 Å². The number of rotatable bonds is 4. The molecule has 0 N–H and O–H groups in total. The lowest BCUT2D eigenvalue weighted by Crippen LogP contribution is -2.49. The van der Waals surface area contributed by atoms with Gasteiger partial charge in [0.25, 0.3) is 11.6 Å². The Balaban J connectivity index is 2.05. The van der Waals surface area contributed by atoms with Gasteiger partial charge in [-0.1, -0.05) is 11.6 Å². The van der Waals surface area contributed by atoms with E-state index in [9.17, 15) is 19.7 Å². The zero-order valence-electron chi connectivity index (χ0n) is 13.5. The Hall–Kier alpha value is -2.15. The van der Waals surface area contributed by atoms with Gasteiger partial charge in [0.15, 0.2) is 6.61 Å². The Kier molecular flexibility index (Phi) is 5.77.